The van der Waals surface area contributed by atoms with Crippen LogP contribution in [0, 0.1) is 0 Å². The Bertz CT molecular complexity index is 626. The Morgan fingerprint density at radius 1 is 1.14 bits per heavy atom. The number of carboxylic acid groups (broad SMARTS) is 1. The van der Waals surface area contributed by atoms with E-state index in [4.69, 9.17) is 14.6 Å². The summed E-state index contributed by atoms with van der Waals surface area (Å²) in [4.78, 5) is 13.9. The fraction of sp³-hybridized carbons (Fsp3) is 0.938. The molecule has 8 nitrogen and oxygen atoms in total. The van der Waals surface area contributed by atoms with Crippen LogP contribution in [0.5, 0.6) is 0 Å². The predicted octanol–water partition coefficient (Wildman–Crippen LogP) is 0.450. The Balaban J connectivity index is 0.000000345. The molecule has 28 heavy (non-hydrogen) atoms. The van der Waals surface area contributed by atoms with E-state index in [1.165, 1.54) is 25.9 Å². The highest BCUT2D eigenvalue weighted by Crippen LogP contribution is 2.25. The predicted molar refractivity (Wildman–Crippen MR) is 95.5 cm³/mol. The summed E-state index contributed by atoms with van der Waals surface area (Å²) in [6.45, 7) is 9.05. The monoisotopic (exact) mass is 431 g/mol. The molecule has 3 saturated heterocycles. The van der Waals surface area contributed by atoms with Crippen LogP contribution in [0.2, 0.25) is 0 Å². The van der Waals surface area contributed by atoms with E-state index < -0.39 is 22.2 Å². The maximum atomic E-state index is 12.1. The van der Waals surface area contributed by atoms with Crippen molar-refractivity contribution in [2.75, 3.05) is 58.2 Å². The molecule has 2 atom stereocenters. The van der Waals surface area contributed by atoms with Crippen molar-refractivity contribution in [3.05, 3.63) is 0 Å². The summed E-state index contributed by atoms with van der Waals surface area (Å²) >= 11 is 0. The molecule has 164 valence electrons. The molecule has 3 aliphatic heterocycles. The summed E-state index contributed by atoms with van der Waals surface area (Å²) in [6.07, 6.45) is -2.39. The summed E-state index contributed by atoms with van der Waals surface area (Å²) < 4.78 is 63.3. The fourth-order valence-corrected chi connectivity index (χ4v) is 4.81. The molecule has 0 bridgehead atoms. The molecular weight excluding hydrogens is 403 g/mol. The highest BCUT2D eigenvalue weighted by atomic mass is 32.2. The van der Waals surface area contributed by atoms with Crippen LogP contribution in [-0.2, 0) is 19.6 Å². The molecule has 0 aliphatic carbocycles. The maximum absolute atomic E-state index is 12.1. The molecule has 0 saturated carbocycles. The first-order valence-corrected chi connectivity index (χ1v) is 11.0. The Labute approximate surface area is 163 Å². The van der Waals surface area contributed by atoms with Gasteiger partial charge in [-0.05, 0) is 32.9 Å². The molecule has 1 N–H and O–H groups in total. The second kappa shape index (κ2) is 9.70. The van der Waals surface area contributed by atoms with Gasteiger partial charge in [0.2, 0.25) is 10.0 Å². The van der Waals surface area contributed by atoms with Gasteiger partial charge < -0.3 is 14.7 Å². The Morgan fingerprint density at radius 3 is 2.29 bits per heavy atom. The van der Waals surface area contributed by atoms with Crippen molar-refractivity contribution >= 4 is 16.0 Å². The van der Waals surface area contributed by atoms with Gasteiger partial charge in [0.25, 0.3) is 0 Å². The van der Waals surface area contributed by atoms with Gasteiger partial charge in [0.05, 0.1) is 24.5 Å². The van der Waals surface area contributed by atoms with Crippen molar-refractivity contribution in [3.8, 4) is 0 Å². The molecule has 0 unspecified atom stereocenters. The second-order valence-electron chi connectivity index (χ2n) is 7.08. The Morgan fingerprint density at radius 2 is 1.75 bits per heavy atom. The molecule has 0 spiro atoms. The van der Waals surface area contributed by atoms with Crippen molar-refractivity contribution < 1.29 is 36.2 Å². The SMILES string of the molecule is CCS(=O)(=O)N1C[C@@H]2OCCN(CCN3CCCC3)[C@@H]2C1.O=C(O)C(F)(F)F. The molecule has 0 amide bonds. The van der Waals surface area contributed by atoms with E-state index in [0.29, 0.717) is 13.1 Å². The van der Waals surface area contributed by atoms with Gasteiger partial charge in [-0.2, -0.15) is 17.5 Å². The van der Waals surface area contributed by atoms with Gasteiger partial charge in [0, 0.05) is 32.7 Å². The first-order chi connectivity index (χ1) is 13.0. The van der Waals surface area contributed by atoms with E-state index in [1.807, 2.05) is 0 Å². The number of ether oxygens (including phenoxy) is 1. The number of fused-ring (bicyclic) bond motifs is 1. The third-order valence-electron chi connectivity index (χ3n) is 5.29. The van der Waals surface area contributed by atoms with E-state index in [0.717, 1.165) is 26.2 Å². The summed E-state index contributed by atoms with van der Waals surface area (Å²) in [5, 5.41) is 7.12. The molecular formula is C16H28F3N3O5S. The number of carbonyl (C=O) groups is 1. The lowest BCUT2D eigenvalue weighted by Crippen LogP contribution is -2.52. The molecule has 0 aromatic rings. The first-order valence-electron chi connectivity index (χ1n) is 9.40. The molecule has 3 fully saturated rings. The maximum Gasteiger partial charge on any atom is 0.490 e. The van der Waals surface area contributed by atoms with Gasteiger partial charge in [-0.1, -0.05) is 0 Å². The van der Waals surface area contributed by atoms with Crippen LogP contribution in [0.1, 0.15) is 19.8 Å². The summed E-state index contributed by atoms with van der Waals surface area (Å²) in [5.41, 5.74) is 0. The number of rotatable bonds is 5. The average Bonchev–Trinajstić information content (AvgIpc) is 3.29. The number of halogens is 3. The third kappa shape index (κ3) is 6.28. The first kappa shape index (κ1) is 23.3. The largest absolute Gasteiger partial charge is 0.490 e. The number of carboxylic acids is 1. The van der Waals surface area contributed by atoms with Gasteiger partial charge in [-0.15, -0.1) is 0 Å². The zero-order chi connectivity index (χ0) is 20.9. The number of likely N-dealkylation sites (tertiary alicyclic amines) is 1. The summed E-state index contributed by atoms with van der Waals surface area (Å²) in [7, 11) is -3.09. The van der Waals surface area contributed by atoms with Crippen molar-refractivity contribution in [2.45, 2.75) is 38.1 Å². The van der Waals surface area contributed by atoms with Gasteiger partial charge in [-0.3, -0.25) is 4.90 Å². The fourth-order valence-electron chi connectivity index (χ4n) is 3.69. The van der Waals surface area contributed by atoms with E-state index >= 15 is 0 Å². The van der Waals surface area contributed by atoms with Crippen LogP contribution >= 0.6 is 0 Å². The Kier molecular flexibility index (Phi) is 8.08. The molecule has 0 aromatic carbocycles. The second-order valence-corrected chi connectivity index (χ2v) is 9.34. The van der Waals surface area contributed by atoms with E-state index in [-0.39, 0.29) is 17.9 Å². The Hall–Kier alpha value is -0.950. The number of nitrogens with zero attached hydrogens (tertiary/aromatic N) is 3. The lowest BCUT2D eigenvalue weighted by atomic mass is 10.1. The average molecular weight is 431 g/mol. The molecule has 12 heteroatoms. The number of hydrogen-bond acceptors (Lipinski definition) is 6. The van der Waals surface area contributed by atoms with Crippen molar-refractivity contribution in [1.29, 1.82) is 0 Å². The van der Waals surface area contributed by atoms with Crippen molar-refractivity contribution in [1.82, 2.24) is 14.1 Å². The standard InChI is InChI=1S/C14H27N3O3S.C2HF3O2/c1-2-21(18,19)17-11-13-14(12-17)20-10-9-16(13)8-7-15-5-3-4-6-15;3-2(4,5)1(6)7/h13-14H,2-12H2,1H3;(H,6,7)/t13-,14+;/m1./s1. The summed E-state index contributed by atoms with van der Waals surface area (Å²) in [6, 6.07) is 0.239. The minimum absolute atomic E-state index is 0.0543. The lowest BCUT2D eigenvalue weighted by molar-refractivity contribution is -0.192. The number of sulfonamides is 1. The zero-order valence-corrected chi connectivity index (χ0v) is 16.7. The van der Waals surface area contributed by atoms with Crippen LogP contribution < -0.4 is 0 Å². The van der Waals surface area contributed by atoms with Crippen LogP contribution in [0.25, 0.3) is 0 Å². The molecule has 3 aliphatic rings. The van der Waals surface area contributed by atoms with Gasteiger partial charge in [0.1, 0.15) is 0 Å². The van der Waals surface area contributed by atoms with Crippen LogP contribution in [0.15, 0.2) is 0 Å². The van der Waals surface area contributed by atoms with Crippen molar-refractivity contribution in [2.24, 2.45) is 0 Å². The minimum Gasteiger partial charge on any atom is -0.475 e. The molecule has 0 radical (unpaired) electrons. The topological polar surface area (TPSA) is 90.4 Å². The van der Waals surface area contributed by atoms with Crippen LogP contribution in [0.4, 0.5) is 13.2 Å². The number of alkyl halides is 3. The number of morpholine rings is 1. The number of hydrogen-bond donors (Lipinski definition) is 1. The van der Waals surface area contributed by atoms with Crippen LogP contribution in [0.3, 0.4) is 0 Å². The van der Waals surface area contributed by atoms with Crippen molar-refractivity contribution in [3.63, 3.8) is 0 Å². The van der Waals surface area contributed by atoms with E-state index in [9.17, 15) is 21.6 Å². The lowest BCUT2D eigenvalue weighted by Gasteiger charge is -2.37. The summed E-state index contributed by atoms with van der Waals surface area (Å²) in [5.74, 6) is -2.58. The van der Waals surface area contributed by atoms with Gasteiger partial charge in [0.15, 0.2) is 0 Å². The van der Waals surface area contributed by atoms with E-state index in [1.54, 1.807) is 11.2 Å². The smallest absolute Gasteiger partial charge is 0.475 e. The third-order valence-corrected chi connectivity index (χ3v) is 7.10. The molecule has 3 heterocycles. The minimum atomic E-state index is -5.08. The normalized spacial score (nSPS) is 27.3. The van der Waals surface area contributed by atoms with Gasteiger partial charge in [-0.25, -0.2) is 13.2 Å². The van der Waals surface area contributed by atoms with Gasteiger partial charge >= 0.3 is 12.1 Å². The molecule has 3 rings (SSSR count). The highest BCUT2D eigenvalue weighted by Gasteiger charge is 2.43. The van der Waals surface area contributed by atoms with E-state index in [2.05, 4.69) is 9.80 Å². The number of aliphatic carboxylic acids is 1. The van der Waals surface area contributed by atoms with Crippen LogP contribution in [-0.4, -0.2) is 110 Å². The quantitative estimate of drug-likeness (QED) is 0.676. The molecule has 0 aromatic heterocycles. The highest BCUT2D eigenvalue weighted by molar-refractivity contribution is 7.89. The zero-order valence-electron chi connectivity index (χ0n) is 15.9.